The molecular formula is C16H16NO3P. The van der Waals surface area contributed by atoms with Gasteiger partial charge in [0.05, 0.1) is 11.0 Å². The van der Waals surface area contributed by atoms with Crippen molar-refractivity contribution in [2.24, 2.45) is 0 Å². The summed E-state index contributed by atoms with van der Waals surface area (Å²) < 4.78 is 23.4. The minimum Gasteiger partial charge on any atom is -0.354 e. The summed E-state index contributed by atoms with van der Waals surface area (Å²) in [6, 6.07) is 17.4. The SMILES string of the molecule is COP(=O)(OC)c1c(-c2ccccc2)[nH]c2ccccc12. The lowest BCUT2D eigenvalue weighted by molar-refractivity contribution is 0.287. The highest BCUT2D eigenvalue weighted by Crippen LogP contribution is 2.49. The Bertz CT molecular complexity index is 803. The average molecular weight is 301 g/mol. The van der Waals surface area contributed by atoms with Crippen molar-refractivity contribution in [3.8, 4) is 11.3 Å². The Morgan fingerprint density at radius 1 is 0.905 bits per heavy atom. The number of benzene rings is 2. The molecule has 0 unspecified atom stereocenters. The van der Waals surface area contributed by atoms with Crippen LogP contribution in [0.2, 0.25) is 0 Å². The summed E-state index contributed by atoms with van der Waals surface area (Å²) >= 11 is 0. The van der Waals surface area contributed by atoms with Gasteiger partial charge in [0.1, 0.15) is 0 Å². The van der Waals surface area contributed by atoms with Crippen LogP contribution in [0.25, 0.3) is 22.2 Å². The number of aromatic nitrogens is 1. The summed E-state index contributed by atoms with van der Waals surface area (Å²) in [5.41, 5.74) is 2.61. The van der Waals surface area contributed by atoms with Crippen LogP contribution in [0.1, 0.15) is 0 Å². The van der Waals surface area contributed by atoms with Gasteiger partial charge >= 0.3 is 7.60 Å². The number of rotatable bonds is 4. The Morgan fingerprint density at radius 2 is 1.52 bits per heavy atom. The first kappa shape index (κ1) is 14.1. The third kappa shape index (κ3) is 2.32. The molecule has 0 saturated carbocycles. The van der Waals surface area contributed by atoms with Crippen molar-refractivity contribution in [3.05, 3.63) is 54.6 Å². The molecule has 0 aliphatic heterocycles. The zero-order chi connectivity index (χ0) is 14.9. The highest BCUT2D eigenvalue weighted by molar-refractivity contribution is 7.63. The molecule has 0 saturated heterocycles. The summed E-state index contributed by atoms with van der Waals surface area (Å²) in [5.74, 6) is 0. The molecule has 0 aliphatic carbocycles. The van der Waals surface area contributed by atoms with E-state index in [9.17, 15) is 4.57 Å². The quantitative estimate of drug-likeness (QED) is 0.742. The zero-order valence-electron chi connectivity index (χ0n) is 11.9. The molecule has 3 rings (SSSR count). The molecule has 21 heavy (non-hydrogen) atoms. The third-order valence-corrected chi connectivity index (χ3v) is 5.47. The first-order valence-corrected chi connectivity index (χ1v) is 8.12. The molecule has 5 heteroatoms. The van der Waals surface area contributed by atoms with Crippen molar-refractivity contribution in [1.82, 2.24) is 4.98 Å². The van der Waals surface area contributed by atoms with Crippen LogP contribution in [0.15, 0.2) is 54.6 Å². The minimum absolute atomic E-state index is 0.578. The second kappa shape index (κ2) is 5.49. The maximum Gasteiger partial charge on any atom is 0.363 e. The normalized spacial score (nSPS) is 11.9. The van der Waals surface area contributed by atoms with Gasteiger partial charge in [-0.1, -0.05) is 48.5 Å². The Hall–Kier alpha value is -1.87. The Balaban J connectivity index is 2.37. The van der Waals surface area contributed by atoms with Crippen molar-refractivity contribution in [3.63, 3.8) is 0 Å². The summed E-state index contributed by atoms with van der Waals surface area (Å²) in [6.07, 6.45) is 0. The number of fused-ring (bicyclic) bond motifs is 1. The van der Waals surface area contributed by atoms with E-state index in [1.807, 2.05) is 54.6 Å². The molecule has 0 atom stereocenters. The molecule has 0 bridgehead atoms. The molecular weight excluding hydrogens is 285 g/mol. The van der Waals surface area contributed by atoms with E-state index in [-0.39, 0.29) is 0 Å². The summed E-state index contributed by atoms with van der Waals surface area (Å²) in [6.45, 7) is 0. The van der Waals surface area contributed by atoms with Crippen LogP contribution in [-0.2, 0) is 13.6 Å². The van der Waals surface area contributed by atoms with E-state index in [4.69, 9.17) is 9.05 Å². The zero-order valence-corrected chi connectivity index (χ0v) is 12.8. The summed E-state index contributed by atoms with van der Waals surface area (Å²) in [7, 11) is -0.558. The Labute approximate surface area is 123 Å². The highest BCUT2D eigenvalue weighted by atomic mass is 31.2. The Morgan fingerprint density at radius 3 is 2.19 bits per heavy atom. The first-order valence-electron chi connectivity index (χ1n) is 6.58. The fourth-order valence-corrected chi connectivity index (χ4v) is 3.95. The van der Waals surface area contributed by atoms with Gasteiger partial charge in [0.2, 0.25) is 0 Å². The molecule has 1 N–H and O–H groups in total. The molecule has 1 aromatic heterocycles. The molecule has 0 aliphatic rings. The predicted molar refractivity (Wildman–Crippen MR) is 85.0 cm³/mol. The van der Waals surface area contributed by atoms with Crippen LogP contribution < -0.4 is 5.30 Å². The number of para-hydroxylation sites is 1. The Kier molecular flexibility index (Phi) is 3.68. The van der Waals surface area contributed by atoms with Crippen molar-refractivity contribution < 1.29 is 13.6 Å². The van der Waals surface area contributed by atoms with Gasteiger partial charge in [-0.05, 0) is 11.6 Å². The van der Waals surface area contributed by atoms with E-state index in [0.717, 1.165) is 22.2 Å². The molecule has 0 radical (unpaired) electrons. The van der Waals surface area contributed by atoms with E-state index in [0.29, 0.717) is 5.30 Å². The lowest BCUT2D eigenvalue weighted by Crippen LogP contribution is -2.09. The number of H-pyrrole nitrogens is 1. The van der Waals surface area contributed by atoms with Gasteiger partial charge in [-0.25, -0.2) is 0 Å². The van der Waals surface area contributed by atoms with Gasteiger partial charge in [-0.2, -0.15) is 0 Å². The van der Waals surface area contributed by atoms with Gasteiger partial charge in [0, 0.05) is 25.1 Å². The van der Waals surface area contributed by atoms with Crippen molar-refractivity contribution in [2.45, 2.75) is 0 Å². The van der Waals surface area contributed by atoms with Crippen LogP contribution in [0.5, 0.6) is 0 Å². The maximum absolute atomic E-state index is 13.0. The van der Waals surface area contributed by atoms with E-state index < -0.39 is 7.60 Å². The highest BCUT2D eigenvalue weighted by Gasteiger charge is 2.32. The molecule has 2 aromatic carbocycles. The standard InChI is InChI=1S/C16H16NO3P/c1-19-21(18,20-2)16-13-10-6-7-11-14(13)17-15(16)12-8-4-3-5-9-12/h3-11,17H,1-2H3. The van der Waals surface area contributed by atoms with Gasteiger partial charge in [-0.3, -0.25) is 4.57 Å². The fraction of sp³-hybridized carbons (Fsp3) is 0.125. The van der Waals surface area contributed by atoms with E-state index in [1.165, 1.54) is 14.2 Å². The maximum atomic E-state index is 13.0. The molecule has 0 fully saturated rings. The second-order valence-corrected chi connectivity index (χ2v) is 6.80. The number of aromatic amines is 1. The molecule has 4 nitrogen and oxygen atoms in total. The van der Waals surface area contributed by atoms with Crippen molar-refractivity contribution in [1.29, 1.82) is 0 Å². The third-order valence-electron chi connectivity index (χ3n) is 3.50. The van der Waals surface area contributed by atoms with Crippen LogP contribution in [0.4, 0.5) is 0 Å². The number of hydrogen-bond donors (Lipinski definition) is 1. The van der Waals surface area contributed by atoms with Gasteiger partial charge in [-0.15, -0.1) is 0 Å². The molecule has 108 valence electrons. The van der Waals surface area contributed by atoms with Crippen LogP contribution in [-0.4, -0.2) is 19.2 Å². The lowest BCUT2D eigenvalue weighted by Gasteiger charge is -2.15. The molecule has 0 amide bonds. The first-order chi connectivity index (χ1) is 10.2. The van der Waals surface area contributed by atoms with Crippen LogP contribution >= 0.6 is 7.60 Å². The van der Waals surface area contributed by atoms with Gasteiger partial charge in [0.25, 0.3) is 0 Å². The van der Waals surface area contributed by atoms with E-state index in [2.05, 4.69) is 4.98 Å². The lowest BCUT2D eigenvalue weighted by atomic mass is 10.1. The van der Waals surface area contributed by atoms with Crippen molar-refractivity contribution >= 4 is 23.8 Å². The second-order valence-electron chi connectivity index (χ2n) is 4.62. The van der Waals surface area contributed by atoms with E-state index >= 15 is 0 Å². The molecule has 1 heterocycles. The smallest absolute Gasteiger partial charge is 0.354 e. The van der Waals surface area contributed by atoms with Gasteiger partial charge in [0.15, 0.2) is 0 Å². The fourth-order valence-electron chi connectivity index (χ4n) is 2.48. The average Bonchev–Trinajstić information content (AvgIpc) is 2.95. The molecule has 3 aromatic rings. The minimum atomic E-state index is -3.37. The predicted octanol–water partition coefficient (Wildman–Crippen LogP) is 3.95. The summed E-state index contributed by atoms with van der Waals surface area (Å²) in [4.78, 5) is 3.32. The largest absolute Gasteiger partial charge is 0.363 e. The number of nitrogens with one attached hydrogen (secondary N) is 1. The summed E-state index contributed by atoms with van der Waals surface area (Å²) in [5, 5.41) is 1.43. The molecule has 0 spiro atoms. The monoisotopic (exact) mass is 301 g/mol. The topological polar surface area (TPSA) is 51.3 Å². The van der Waals surface area contributed by atoms with Gasteiger partial charge < -0.3 is 14.0 Å². The van der Waals surface area contributed by atoms with Crippen LogP contribution in [0.3, 0.4) is 0 Å². The number of hydrogen-bond acceptors (Lipinski definition) is 3. The van der Waals surface area contributed by atoms with Crippen LogP contribution in [0, 0.1) is 0 Å². The van der Waals surface area contributed by atoms with Crippen molar-refractivity contribution in [2.75, 3.05) is 14.2 Å². The van der Waals surface area contributed by atoms with E-state index in [1.54, 1.807) is 0 Å².